The van der Waals surface area contributed by atoms with E-state index in [4.69, 9.17) is 0 Å². The third-order valence-electron chi connectivity index (χ3n) is 3.59. The van der Waals surface area contributed by atoms with Crippen molar-refractivity contribution in [3.63, 3.8) is 0 Å². The minimum Gasteiger partial charge on any atom is -0.262 e. The van der Waals surface area contributed by atoms with Crippen molar-refractivity contribution in [3.8, 4) is 22.4 Å². The van der Waals surface area contributed by atoms with Gasteiger partial charge in [-0.3, -0.25) is 4.72 Å². The first kappa shape index (κ1) is 14.6. The van der Waals surface area contributed by atoms with Gasteiger partial charge in [0.05, 0.1) is 10.4 Å². The van der Waals surface area contributed by atoms with Gasteiger partial charge in [-0.05, 0) is 44.0 Å². The molecule has 4 heteroatoms. The minimum atomic E-state index is 0.616. The summed E-state index contributed by atoms with van der Waals surface area (Å²) in [5.41, 5.74) is 2.27. The topological polar surface area (TPSA) is 24.9 Å². The number of rotatable bonds is 3. The smallest absolute Gasteiger partial charge is 0.124 e. The van der Waals surface area contributed by atoms with Crippen LogP contribution in [0.4, 0.5) is 0 Å². The van der Waals surface area contributed by atoms with Crippen LogP contribution in [-0.4, -0.2) is 12.0 Å². The molecule has 1 aliphatic rings. The van der Waals surface area contributed by atoms with E-state index in [-0.39, 0.29) is 0 Å². The molecule has 0 bridgehead atoms. The van der Waals surface area contributed by atoms with Gasteiger partial charge in [0.2, 0.25) is 0 Å². The van der Waals surface area contributed by atoms with Crippen molar-refractivity contribution in [2.24, 2.45) is 5.92 Å². The Balaban J connectivity index is 1.70. The molecule has 0 unspecified atom stereocenters. The van der Waals surface area contributed by atoms with E-state index in [0.29, 0.717) is 5.92 Å². The zero-order valence-corrected chi connectivity index (χ0v) is 13.7. The second kappa shape index (κ2) is 7.13. The first-order valence-electron chi connectivity index (χ1n) is 7.26. The highest BCUT2D eigenvalue weighted by Crippen LogP contribution is 2.30. The predicted molar refractivity (Wildman–Crippen MR) is 91.3 cm³/mol. The average molecular weight is 314 g/mol. The molecule has 3 rings (SSSR count). The molecule has 1 aromatic carbocycles. The number of hydrogen-bond donors (Lipinski definition) is 1. The first-order valence-corrected chi connectivity index (χ1v) is 8.90. The van der Waals surface area contributed by atoms with E-state index in [1.165, 1.54) is 29.9 Å². The molecule has 1 heterocycles. The van der Waals surface area contributed by atoms with Crippen LogP contribution < -0.4 is 4.72 Å². The van der Waals surface area contributed by atoms with Crippen LogP contribution >= 0.6 is 23.3 Å². The van der Waals surface area contributed by atoms with Crippen molar-refractivity contribution in [2.75, 3.05) is 7.05 Å². The molecular formula is C17H18N2S2. The number of benzene rings is 1. The minimum absolute atomic E-state index is 0.616. The molecule has 0 spiro atoms. The molecule has 0 amide bonds. The van der Waals surface area contributed by atoms with Crippen molar-refractivity contribution < 1.29 is 0 Å². The van der Waals surface area contributed by atoms with Gasteiger partial charge in [0.1, 0.15) is 5.01 Å². The predicted octanol–water partition coefficient (Wildman–Crippen LogP) is 4.58. The summed E-state index contributed by atoms with van der Waals surface area (Å²) in [6.45, 7) is 0. The molecule has 0 atom stereocenters. The van der Waals surface area contributed by atoms with Gasteiger partial charge in [-0.25, -0.2) is 4.98 Å². The molecule has 1 aliphatic carbocycles. The Bertz CT molecular complexity index is 643. The lowest BCUT2D eigenvalue weighted by Crippen LogP contribution is -1.87. The molecular weight excluding hydrogens is 296 g/mol. The molecule has 108 valence electrons. The summed E-state index contributed by atoms with van der Waals surface area (Å²) in [6, 6.07) is 8.43. The van der Waals surface area contributed by atoms with Crippen molar-refractivity contribution >= 4 is 23.3 Å². The molecule has 1 aromatic heterocycles. The van der Waals surface area contributed by atoms with Crippen LogP contribution in [0.15, 0.2) is 34.7 Å². The summed E-state index contributed by atoms with van der Waals surface area (Å²) in [5, 5.41) is 1.06. The van der Waals surface area contributed by atoms with Crippen LogP contribution in [0.3, 0.4) is 0 Å². The third-order valence-corrected chi connectivity index (χ3v) is 5.45. The highest BCUT2D eigenvalue weighted by atomic mass is 32.2. The molecule has 0 saturated heterocycles. The van der Waals surface area contributed by atoms with Crippen LogP contribution in [0, 0.1) is 17.8 Å². The lowest BCUT2D eigenvalue weighted by Gasteiger charge is -1.98. The number of nitrogens with one attached hydrogen (secondary N) is 1. The van der Waals surface area contributed by atoms with Crippen LogP contribution in [0.2, 0.25) is 0 Å². The van der Waals surface area contributed by atoms with E-state index >= 15 is 0 Å². The maximum Gasteiger partial charge on any atom is 0.124 e. The Labute approximate surface area is 134 Å². The summed E-state index contributed by atoms with van der Waals surface area (Å²) in [7, 11) is 1.92. The zero-order valence-electron chi connectivity index (χ0n) is 12.1. The molecule has 1 saturated carbocycles. The molecule has 2 aromatic rings. The van der Waals surface area contributed by atoms with E-state index in [9.17, 15) is 0 Å². The normalized spacial score (nSPS) is 14.9. The fourth-order valence-corrected chi connectivity index (χ4v) is 4.11. The fraction of sp³-hybridized carbons (Fsp3) is 0.353. The van der Waals surface area contributed by atoms with Gasteiger partial charge >= 0.3 is 0 Å². The van der Waals surface area contributed by atoms with Crippen LogP contribution in [0.5, 0.6) is 0 Å². The molecule has 0 aliphatic heterocycles. The lowest BCUT2D eigenvalue weighted by molar-refractivity contribution is 0.712. The van der Waals surface area contributed by atoms with E-state index in [1.807, 2.05) is 13.2 Å². The maximum absolute atomic E-state index is 4.47. The Hall–Kier alpha value is -1.28. The standard InChI is InChI=1S/C17H18N2S2/c1-18-21-16-12-19-17(20-16)15-10-8-14(9-11-15)7-6-13-4-2-3-5-13/h8-13,18H,2-5H2,1H3. The van der Waals surface area contributed by atoms with Crippen LogP contribution in [0.1, 0.15) is 31.2 Å². The number of thiazole rings is 1. The van der Waals surface area contributed by atoms with Crippen molar-refractivity contribution in [3.05, 3.63) is 36.0 Å². The zero-order chi connectivity index (χ0) is 14.5. The summed E-state index contributed by atoms with van der Waals surface area (Å²) in [4.78, 5) is 4.47. The first-order chi connectivity index (χ1) is 10.3. The summed E-state index contributed by atoms with van der Waals surface area (Å²) in [5.74, 6) is 7.33. The summed E-state index contributed by atoms with van der Waals surface area (Å²) >= 11 is 3.30. The highest BCUT2D eigenvalue weighted by Gasteiger charge is 2.11. The highest BCUT2D eigenvalue weighted by molar-refractivity contribution is 7.99. The van der Waals surface area contributed by atoms with E-state index in [0.717, 1.165) is 16.1 Å². The van der Waals surface area contributed by atoms with Gasteiger partial charge in [0.25, 0.3) is 0 Å². The van der Waals surface area contributed by atoms with Gasteiger partial charge in [-0.15, -0.1) is 11.3 Å². The molecule has 2 nitrogen and oxygen atoms in total. The van der Waals surface area contributed by atoms with Gasteiger partial charge in [-0.2, -0.15) is 0 Å². The van der Waals surface area contributed by atoms with Crippen molar-refractivity contribution in [1.82, 2.24) is 9.71 Å². The number of nitrogens with zero attached hydrogens (tertiary/aromatic N) is 1. The fourth-order valence-electron chi connectivity index (χ4n) is 2.49. The largest absolute Gasteiger partial charge is 0.262 e. The maximum atomic E-state index is 4.47. The Kier molecular flexibility index (Phi) is 4.97. The second-order valence-corrected chi connectivity index (χ2v) is 7.46. The number of aromatic nitrogens is 1. The molecule has 1 fully saturated rings. The Morgan fingerprint density at radius 3 is 2.71 bits per heavy atom. The van der Waals surface area contributed by atoms with Gasteiger partial charge < -0.3 is 0 Å². The lowest BCUT2D eigenvalue weighted by atomic mass is 10.1. The van der Waals surface area contributed by atoms with Crippen molar-refractivity contribution in [2.45, 2.75) is 29.9 Å². The average Bonchev–Trinajstić information content (AvgIpc) is 3.17. The Morgan fingerprint density at radius 2 is 2.00 bits per heavy atom. The van der Waals surface area contributed by atoms with E-state index in [1.54, 1.807) is 23.3 Å². The summed E-state index contributed by atoms with van der Waals surface area (Å²) in [6.07, 6.45) is 7.14. The van der Waals surface area contributed by atoms with Crippen LogP contribution in [-0.2, 0) is 0 Å². The monoisotopic (exact) mass is 314 g/mol. The van der Waals surface area contributed by atoms with Gasteiger partial charge in [0.15, 0.2) is 0 Å². The quantitative estimate of drug-likeness (QED) is 0.663. The molecule has 0 radical (unpaired) electrons. The third kappa shape index (κ3) is 3.88. The number of hydrogen-bond acceptors (Lipinski definition) is 4. The Morgan fingerprint density at radius 1 is 1.24 bits per heavy atom. The van der Waals surface area contributed by atoms with E-state index < -0.39 is 0 Å². The second-order valence-electron chi connectivity index (χ2n) is 5.12. The molecule has 1 N–H and O–H groups in total. The van der Waals surface area contributed by atoms with Gasteiger partial charge in [0, 0.05) is 17.0 Å². The molecule has 21 heavy (non-hydrogen) atoms. The van der Waals surface area contributed by atoms with Gasteiger partial charge in [-0.1, -0.05) is 36.8 Å². The van der Waals surface area contributed by atoms with Crippen molar-refractivity contribution in [1.29, 1.82) is 0 Å². The van der Waals surface area contributed by atoms with E-state index in [2.05, 4.69) is 45.8 Å². The SMILES string of the molecule is CNSc1cnc(-c2ccc(C#CC3CCCC3)cc2)s1. The van der Waals surface area contributed by atoms with Crippen LogP contribution in [0.25, 0.3) is 10.6 Å². The summed E-state index contributed by atoms with van der Waals surface area (Å²) < 4.78 is 4.25.